The molecule has 0 saturated carbocycles. The highest BCUT2D eigenvalue weighted by Gasteiger charge is 2.44. The summed E-state index contributed by atoms with van der Waals surface area (Å²) in [6.07, 6.45) is 1.59. The van der Waals surface area contributed by atoms with Crippen LogP contribution in [-0.2, 0) is 14.4 Å². The van der Waals surface area contributed by atoms with Gasteiger partial charge in [-0.3, -0.25) is 19.4 Å². The fourth-order valence-electron chi connectivity index (χ4n) is 2.48. The first kappa shape index (κ1) is 12.0. The Morgan fingerprint density at radius 1 is 1.41 bits per heavy atom. The molecular weight excluding hydrogens is 222 g/mol. The average Bonchev–Trinajstić information content (AvgIpc) is 2.32. The molecule has 2 unspecified atom stereocenters. The van der Waals surface area contributed by atoms with Gasteiger partial charge in [-0.2, -0.15) is 0 Å². The summed E-state index contributed by atoms with van der Waals surface area (Å²) in [6.45, 7) is 2.00. The van der Waals surface area contributed by atoms with E-state index in [4.69, 9.17) is 0 Å². The van der Waals surface area contributed by atoms with Gasteiger partial charge in [-0.25, -0.2) is 5.01 Å². The summed E-state index contributed by atoms with van der Waals surface area (Å²) in [7, 11) is 1.65. The van der Waals surface area contributed by atoms with E-state index in [9.17, 15) is 14.4 Å². The summed E-state index contributed by atoms with van der Waals surface area (Å²) >= 11 is 0. The number of nitrogens with one attached hydrogen (secondary N) is 1. The van der Waals surface area contributed by atoms with Crippen molar-refractivity contribution < 1.29 is 14.4 Å². The maximum atomic E-state index is 12.2. The highest BCUT2D eigenvalue weighted by molar-refractivity contribution is 5.97. The Hall–Kier alpha value is -1.43. The van der Waals surface area contributed by atoms with E-state index in [0.717, 1.165) is 6.42 Å². The molecule has 2 aliphatic rings. The van der Waals surface area contributed by atoms with Crippen LogP contribution in [0.1, 0.15) is 26.2 Å². The van der Waals surface area contributed by atoms with Gasteiger partial charge in [0.2, 0.25) is 5.91 Å². The van der Waals surface area contributed by atoms with Crippen LogP contribution in [0.5, 0.6) is 0 Å². The van der Waals surface area contributed by atoms with Crippen molar-refractivity contribution in [3.63, 3.8) is 0 Å². The molecule has 2 rings (SSSR count). The first-order valence-corrected chi connectivity index (χ1v) is 5.87. The summed E-state index contributed by atoms with van der Waals surface area (Å²) in [5, 5.41) is 5.62. The fraction of sp³-hybridized carbons (Fsp3) is 0.727. The van der Waals surface area contributed by atoms with E-state index in [-0.39, 0.29) is 24.0 Å². The predicted octanol–water partition coefficient (Wildman–Crippen LogP) is -0.698. The highest BCUT2D eigenvalue weighted by atomic mass is 16.2. The van der Waals surface area contributed by atoms with Gasteiger partial charge in [0, 0.05) is 6.54 Å². The first-order chi connectivity index (χ1) is 8.06. The normalized spacial score (nSPS) is 29.3. The topological polar surface area (TPSA) is 69.7 Å². The number of hydrogen-bond acceptors (Lipinski definition) is 4. The van der Waals surface area contributed by atoms with E-state index in [2.05, 4.69) is 5.32 Å². The number of hydrogen-bond donors (Lipinski definition) is 1. The van der Waals surface area contributed by atoms with Gasteiger partial charge in [0.15, 0.2) is 5.78 Å². The zero-order valence-electron chi connectivity index (χ0n) is 10.1. The summed E-state index contributed by atoms with van der Waals surface area (Å²) in [6, 6.07) is -0.977. The second-order valence-electron chi connectivity index (χ2n) is 4.51. The highest BCUT2D eigenvalue weighted by Crippen LogP contribution is 2.25. The number of ketones is 1. The molecule has 2 amide bonds. The van der Waals surface area contributed by atoms with Crippen molar-refractivity contribution in [1.82, 2.24) is 15.3 Å². The van der Waals surface area contributed by atoms with Gasteiger partial charge < -0.3 is 5.32 Å². The lowest BCUT2D eigenvalue weighted by Gasteiger charge is -2.47. The first-order valence-electron chi connectivity index (χ1n) is 5.87. The Balaban J connectivity index is 2.30. The van der Waals surface area contributed by atoms with Crippen molar-refractivity contribution in [3.8, 4) is 0 Å². The number of hydrazine groups is 1. The molecule has 6 heteroatoms. The van der Waals surface area contributed by atoms with Crippen LogP contribution in [0.2, 0.25) is 0 Å². The number of carbonyl (C=O) groups excluding carboxylic acids is 3. The monoisotopic (exact) mass is 239 g/mol. The average molecular weight is 239 g/mol. The number of carbonyl (C=O) groups is 3. The minimum absolute atomic E-state index is 0.0624. The maximum absolute atomic E-state index is 12.2. The molecule has 1 N–H and O–H groups in total. The molecule has 0 bridgehead atoms. The minimum atomic E-state index is -0.501. The fourth-order valence-corrected chi connectivity index (χ4v) is 2.48. The molecule has 0 aromatic carbocycles. The van der Waals surface area contributed by atoms with Crippen molar-refractivity contribution in [2.45, 2.75) is 38.3 Å². The second kappa shape index (κ2) is 4.44. The number of fused-ring (bicyclic) bond motifs is 1. The Bertz CT molecular complexity index is 363. The Morgan fingerprint density at radius 2 is 2.12 bits per heavy atom. The van der Waals surface area contributed by atoms with Gasteiger partial charge in [0.25, 0.3) is 5.91 Å². The maximum Gasteiger partial charge on any atom is 0.259 e. The van der Waals surface area contributed by atoms with E-state index in [1.807, 2.05) is 0 Å². The molecule has 2 fully saturated rings. The van der Waals surface area contributed by atoms with E-state index >= 15 is 0 Å². The largest absolute Gasteiger partial charge is 0.308 e. The summed E-state index contributed by atoms with van der Waals surface area (Å²) < 4.78 is 0. The van der Waals surface area contributed by atoms with Gasteiger partial charge in [0.05, 0.1) is 12.5 Å². The van der Waals surface area contributed by atoms with Crippen LogP contribution >= 0.6 is 0 Å². The SMILES string of the molecule is CNC1CC(=O)N2CCCC(C(C)=O)N2C1=O. The molecule has 2 atom stereocenters. The Morgan fingerprint density at radius 3 is 2.71 bits per heavy atom. The van der Waals surface area contributed by atoms with Gasteiger partial charge in [-0.1, -0.05) is 0 Å². The van der Waals surface area contributed by atoms with E-state index in [1.165, 1.54) is 16.9 Å². The van der Waals surface area contributed by atoms with Crippen molar-refractivity contribution in [3.05, 3.63) is 0 Å². The van der Waals surface area contributed by atoms with Crippen LogP contribution in [0.15, 0.2) is 0 Å². The molecule has 0 aliphatic carbocycles. The Kier molecular flexibility index (Phi) is 3.15. The summed E-state index contributed by atoms with van der Waals surface area (Å²) in [4.78, 5) is 35.6. The zero-order chi connectivity index (χ0) is 12.6. The molecular formula is C11H17N3O3. The molecule has 2 heterocycles. The standard InChI is InChI=1S/C11H17N3O3/c1-7(15)9-4-3-5-13-10(16)6-8(12-2)11(17)14(9)13/h8-9,12H,3-6H2,1-2H3. The van der Waals surface area contributed by atoms with Gasteiger partial charge in [0.1, 0.15) is 6.04 Å². The third-order valence-corrected chi connectivity index (χ3v) is 3.41. The van der Waals surface area contributed by atoms with Crippen LogP contribution in [-0.4, -0.2) is 53.3 Å². The quantitative estimate of drug-likeness (QED) is 0.692. The number of rotatable bonds is 2. The Labute approximate surface area is 99.9 Å². The minimum Gasteiger partial charge on any atom is -0.308 e. The number of likely N-dealkylation sites (N-methyl/N-ethyl adjacent to an activating group) is 1. The van der Waals surface area contributed by atoms with E-state index in [1.54, 1.807) is 7.05 Å². The summed E-state index contributed by atoms with van der Waals surface area (Å²) in [5.41, 5.74) is 0. The molecule has 94 valence electrons. The lowest BCUT2D eigenvalue weighted by molar-refractivity contribution is -0.185. The predicted molar refractivity (Wildman–Crippen MR) is 59.7 cm³/mol. The second-order valence-corrected chi connectivity index (χ2v) is 4.51. The van der Waals surface area contributed by atoms with Crippen LogP contribution in [0.3, 0.4) is 0 Å². The number of amides is 2. The number of nitrogens with zero attached hydrogens (tertiary/aromatic N) is 2. The molecule has 2 aliphatic heterocycles. The van der Waals surface area contributed by atoms with Crippen molar-refractivity contribution in [2.75, 3.05) is 13.6 Å². The van der Waals surface area contributed by atoms with E-state index < -0.39 is 12.1 Å². The molecule has 0 spiro atoms. The molecule has 0 aromatic rings. The van der Waals surface area contributed by atoms with Crippen LogP contribution in [0, 0.1) is 0 Å². The lowest BCUT2D eigenvalue weighted by atomic mass is 9.99. The summed E-state index contributed by atoms with van der Waals surface area (Å²) in [5.74, 6) is -0.325. The third kappa shape index (κ3) is 1.93. The zero-order valence-corrected chi connectivity index (χ0v) is 10.1. The smallest absolute Gasteiger partial charge is 0.259 e. The van der Waals surface area contributed by atoms with Crippen LogP contribution in [0.25, 0.3) is 0 Å². The number of Topliss-reactive ketones (excluding diaryl/α,β-unsaturated/α-hetero) is 1. The van der Waals surface area contributed by atoms with E-state index in [0.29, 0.717) is 13.0 Å². The molecule has 0 aromatic heterocycles. The van der Waals surface area contributed by atoms with Crippen LogP contribution in [0.4, 0.5) is 0 Å². The van der Waals surface area contributed by atoms with Crippen molar-refractivity contribution in [2.24, 2.45) is 0 Å². The third-order valence-electron chi connectivity index (χ3n) is 3.41. The van der Waals surface area contributed by atoms with Crippen molar-refractivity contribution in [1.29, 1.82) is 0 Å². The van der Waals surface area contributed by atoms with Crippen molar-refractivity contribution >= 4 is 17.6 Å². The lowest BCUT2D eigenvalue weighted by Crippen LogP contribution is -2.67. The van der Waals surface area contributed by atoms with Gasteiger partial charge in [-0.15, -0.1) is 0 Å². The molecule has 17 heavy (non-hydrogen) atoms. The molecule has 6 nitrogen and oxygen atoms in total. The van der Waals surface area contributed by atoms with Crippen LogP contribution < -0.4 is 5.32 Å². The van der Waals surface area contributed by atoms with Gasteiger partial charge >= 0.3 is 0 Å². The van der Waals surface area contributed by atoms with Gasteiger partial charge in [-0.05, 0) is 26.8 Å². The molecule has 2 saturated heterocycles. The molecule has 0 radical (unpaired) electrons.